The van der Waals surface area contributed by atoms with Gasteiger partial charge in [0.1, 0.15) is 0 Å². The molecule has 7 heteroatoms. The number of hydrogen-bond acceptors (Lipinski definition) is 4. The summed E-state index contributed by atoms with van der Waals surface area (Å²) < 4.78 is 1.32. The van der Waals surface area contributed by atoms with Crippen LogP contribution in [0, 0.1) is 0 Å². The first kappa shape index (κ1) is 13.4. The summed E-state index contributed by atoms with van der Waals surface area (Å²) >= 11 is 1.54. The van der Waals surface area contributed by atoms with Crippen LogP contribution in [-0.4, -0.2) is 32.6 Å². The Kier molecular flexibility index (Phi) is 3.75. The molecule has 1 heterocycles. The molecule has 0 amide bonds. The lowest BCUT2D eigenvalue weighted by atomic mass is 10.1. The number of hydrogen-bond donors (Lipinski definition) is 2. The van der Waals surface area contributed by atoms with E-state index in [1.165, 1.54) is 10.6 Å². The molecule has 6 nitrogen and oxygen atoms in total. The fourth-order valence-electron chi connectivity index (χ4n) is 1.88. The fourth-order valence-corrected chi connectivity index (χ4v) is 2.24. The average molecular weight is 280 g/mol. The molecule has 1 aromatic heterocycles. The van der Waals surface area contributed by atoms with Crippen LogP contribution in [0.4, 0.5) is 0 Å². The van der Waals surface area contributed by atoms with Crippen molar-refractivity contribution in [2.75, 3.05) is 12.0 Å². The summed E-state index contributed by atoms with van der Waals surface area (Å²) in [5.74, 6) is -0.480. The van der Waals surface area contributed by atoms with Crippen molar-refractivity contribution >= 4 is 28.8 Å². The van der Waals surface area contributed by atoms with E-state index in [4.69, 9.17) is 5.11 Å². The first-order valence-corrected chi connectivity index (χ1v) is 6.93. The standard InChI is InChI=1S/C12H12N2O4S/c1-19-6-5-14-8-4-2-3-7(12(17)18)9(8)13-10(15)11(14)16/h2-4H,5-6H2,1H3,(H,13,15)(H,17,18). The lowest BCUT2D eigenvalue weighted by Gasteiger charge is -2.10. The Morgan fingerprint density at radius 2 is 2.16 bits per heavy atom. The minimum absolute atomic E-state index is 0.0208. The van der Waals surface area contributed by atoms with Crippen LogP contribution >= 0.6 is 11.8 Å². The minimum atomic E-state index is -1.14. The number of aromatic carboxylic acids is 1. The average Bonchev–Trinajstić information content (AvgIpc) is 2.38. The van der Waals surface area contributed by atoms with Gasteiger partial charge in [0.05, 0.1) is 16.6 Å². The molecule has 0 bridgehead atoms. The van der Waals surface area contributed by atoms with E-state index < -0.39 is 17.1 Å². The van der Waals surface area contributed by atoms with Crippen LogP contribution in [0.5, 0.6) is 0 Å². The summed E-state index contributed by atoms with van der Waals surface area (Å²) in [5.41, 5.74) is -0.877. The number of aromatic nitrogens is 2. The van der Waals surface area contributed by atoms with Crippen molar-refractivity contribution in [3.63, 3.8) is 0 Å². The molecule has 0 radical (unpaired) electrons. The predicted octanol–water partition coefficient (Wildman–Crippen LogP) is 0.751. The fraction of sp³-hybridized carbons (Fsp3) is 0.250. The number of nitrogens with one attached hydrogen (secondary N) is 1. The van der Waals surface area contributed by atoms with Gasteiger partial charge in [-0.2, -0.15) is 11.8 Å². The number of carbonyl (C=O) groups is 1. The van der Waals surface area contributed by atoms with Crippen molar-refractivity contribution in [1.82, 2.24) is 9.55 Å². The van der Waals surface area contributed by atoms with Crippen molar-refractivity contribution in [1.29, 1.82) is 0 Å². The van der Waals surface area contributed by atoms with Crippen molar-refractivity contribution < 1.29 is 9.90 Å². The van der Waals surface area contributed by atoms with E-state index >= 15 is 0 Å². The second-order valence-corrected chi connectivity index (χ2v) is 4.89. The maximum absolute atomic E-state index is 11.8. The van der Waals surface area contributed by atoms with Gasteiger partial charge < -0.3 is 14.7 Å². The Labute approximate surface area is 112 Å². The van der Waals surface area contributed by atoms with Crippen molar-refractivity contribution in [3.05, 3.63) is 44.5 Å². The zero-order chi connectivity index (χ0) is 14.0. The lowest BCUT2D eigenvalue weighted by Crippen LogP contribution is -2.37. The van der Waals surface area contributed by atoms with E-state index in [9.17, 15) is 14.4 Å². The summed E-state index contributed by atoms with van der Waals surface area (Å²) in [7, 11) is 0. The van der Waals surface area contributed by atoms with Gasteiger partial charge in [0.2, 0.25) is 0 Å². The van der Waals surface area contributed by atoms with Crippen molar-refractivity contribution in [2.45, 2.75) is 6.54 Å². The molecular weight excluding hydrogens is 268 g/mol. The molecule has 2 rings (SSSR count). The molecule has 0 atom stereocenters. The van der Waals surface area contributed by atoms with E-state index in [1.54, 1.807) is 23.9 Å². The topological polar surface area (TPSA) is 92.2 Å². The van der Waals surface area contributed by atoms with Crippen molar-refractivity contribution in [3.8, 4) is 0 Å². The van der Waals surface area contributed by atoms with E-state index in [0.29, 0.717) is 17.8 Å². The van der Waals surface area contributed by atoms with Crippen LogP contribution in [-0.2, 0) is 6.54 Å². The number of aryl methyl sites for hydroxylation is 1. The third kappa shape index (κ3) is 2.41. The van der Waals surface area contributed by atoms with Gasteiger partial charge >= 0.3 is 17.1 Å². The smallest absolute Gasteiger partial charge is 0.337 e. The molecule has 1 aromatic carbocycles. The molecule has 0 saturated heterocycles. The number of fused-ring (bicyclic) bond motifs is 1. The normalized spacial score (nSPS) is 10.8. The van der Waals surface area contributed by atoms with Crippen LogP contribution in [0.1, 0.15) is 10.4 Å². The molecule has 19 heavy (non-hydrogen) atoms. The number of aromatic amines is 1. The highest BCUT2D eigenvalue weighted by Crippen LogP contribution is 2.14. The molecular formula is C12H12N2O4S. The second kappa shape index (κ2) is 5.31. The molecule has 0 saturated carbocycles. The molecule has 0 aliphatic carbocycles. The first-order valence-electron chi connectivity index (χ1n) is 5.54. The monoisotopic (exact) mass is 280 g/mol. The largest absolute Gasteiger partial charge is 0.478 e. The minimum Gasteiger partial charge on any atom is -0.478 e. The number of rotatable bonds is 4. The summed E-state index contributed by atoms with van der Waals surface area (Å²) in [4.78, 5) is 36.9. The third-order valence-electron chi connectivity index (χ3n) is 2.76. The van der Waals surface area contributed by atoms with Gasteiger partial charge in [-0.3, -0.25) is 9.59 Å². The highest BCUT2D eigenvalue weighted by Gasteiger charge is 2.13. The summed E-state index contributed by atoms with van der Waals surface area (Å²) in [6, 6.07) is 4.57. The molecule has 100 valence electrons. The molecule has 0 fully saturated rings. The van der Waals surface area contributed by atoms with Crippen LogP contribution in [0.3, 0.4) is 0 Å². The van der Waals surface area contributed by atoms with E-state index in [2.05, 4.69) is 4.98 Å². The third-order valence-corrected chi connectivity index (χ3v) is 3.35. The maximum atomic E-state index is 11.8. The maximum Gasteiger partial charge on any atom is 0.337 e. The van der Waals surface area contributed by atoms with Crippen LogP contribution in [0.25, 0.3) is 11.0 Å². The SMILES string of the molecule is CSCCn1c(=O)c(=O)[nH]c2c(C(=O)O)cccc21. The summed E-state index contributed by atoms with van der Waals surface area (Å²) in [5, 5.41) is 9.10. The number of thioether (sulfide) groups is 1. The van der Waals surface area contributed by atoms with Gasteiger partial charge in [-0.15, -0.1) is 0 Å². The Bertz CT molecular complexity index is 747. The number of carboxylic acid groups (broad SMARTS) is 1. The molecule has 2 N–H and O–H groups in total. The summed E-state index contributed by atoms with van der Waals surface area (Å²) in [6.45, 7) is 0.365. The van der Waals surface area contributed by atoms with Gasteiger partial charge in [-0.1, -0.05) is 6.07 Å². The molecule has 0 spiro atoms. The molecule has 0 aliphatic rings. The molecule has 0 unspecified atom stereocenters. The number of para-hydroxylation sites is 1. The number of nitrogens with zero attached hydrogens (tertiary/aromatic N) is 1. The Balaban J connectivity index is 2.83. The lowest BCUT2D eigenvalue weighted by molar-refractivity contribution is 0.0699. The summed E-state index contributed by atoms with van der Waals surface area (Å²) in [6.07, 6.45) is 1.89. The predicted molar refractivity (Wildman–Crippen MR) is 74.2 cm³/mol. The van der Waals surface area contributed by atoms with Gasteiger partial charge in [-0.25, -0.2) is 4.79 Å². The van der Waals surface area contributed by atoms with Gasteiger partial charge in [0, 0.05) is 12.3 Å². The quantitative estimate of drug-likeness (QED) is 0.806. The zero-order valence-corrected chi connectivity index (χ0v) is 11.0. The Hall–Kier alpha value is -2.02. The van der Waals surface area contributed by atoms with Crippen molar-refractivity contribution in [2.24, 2.45) is 0 Å². The molecule has 0 aliphatic heterocycles. The highest BCUT2D eigenvalue weighted by molar-refractivity contribution is 7.98. The van der Waals surface area contributed by atoms with Crippen LogP contribution < -0.4 is 11.1 Å². The first-order chi connectivity index (χ1) is 9.06. The number of H-pyrrole nitrogens is 1. The van der Waals surface area contributed by atoms with Crippen LogP contribution in [0.2, 0.25) is 0 Å². The van der Waals surface area contributed by atoms with Crippen LogP contribution in [0.15, 0.2) is 27.8 Å². The Morgan fingerprint density at radius 1 is 1.42 bits per heavy atom. The number of carboxylic acids is 1. The molecule has 2 aromatic rings. The Morgan fingerprint density at radius 3 is 2.79 bits per heavy atom. The van der Waals surface area contributed by atoms with E-state index in [-0.39, 0.29) is 11.1 Å². The second-order valence-electron chi connectivity index (χ2n) is 3.91. The highest BCUT2D eigenvalue weighted by atomic mass is 32.2. The van der Waals surface area contributed by atoms with E-state index in [0.717, 1.165) is 0 Å². The zero-order valence-electron chi connectivity index (χ0n) is 10.2. The number of benzene rings is 1. The van der Waals surface area contributed by atoms with Gasteiger partial charge in [0.25, 0.3) is 0 Å². The van der Waals surface area contributed by atoms with Gasteiger partial charge in [0.15, 0.2) is 0 Å². The van der Waals surface area contributed by atoms with E-state index in [1.807, 2.05) is 6.26 Å². The van der Waals surface area contributed by atoms with Gasteiger partial charge in [-0.05, 0) is 18.4 Å².